The molecule has 0 radical (unpaired) electrons. The van der Waals surface area contributed by atoms with Crippen molar-refractivity contribution in [3.8, 4) is 16.9 Å². The van der Waals surface area contributed by atoms with Crippen molar-refractivity contribution in [2.24, 2.45) is 0 Å². The van der Waals surface area contributed by atoms with E-state index >= 15 is 0 Å². The van der Waals surface area contributed by atoms with E-state index in [0.29, 0.717) is 25.9 Å². The maximum atomic E-state index is 13.5. The summed E-state index contributed by atoms with van der Waals surface area (Å²) >= 11 is 0. The highest BCUT2D eigenvalue weighted by molar-refractivity contribution is 7.91. The van der Waals surface area contributed by atoms with Gasteiger partial charge in [-0.2, -0.15) is 0 Å². The number of piperidine rings is 1. The first-order valence-corrected chi connectivity index (χ1v) is 13.0. The van der Waals surface area contributed by atoms with Crippen molar-refractivity contribution in [2.75, 3.05) is 33.4 Å². The van der Waals surface area contributed by atoms with E-state index in [1.165, 1.54) is 9.87 Å². The molecule has 0 spiro atoms. The monoisotopic (exact) mass is 488 g/mol. The standard InChI is InChI=1S/C25H32N2O6S/c1-18-16-20(6-7-23(18)21-4-3-5-22(17-21)32-2)19-8-12-27(13-9-19)34(30,31)25(24(28)26-29)10-14-33-15-11-25/h3-7,16-17,19,29H,8-15H2,1-2H3,(H,26,28). The van der Waals surface area contributed by atoms with Crippen LogP contribution in [0.5, 0.6) is 5.75 Å². The van der Waals surface area contributed by atoms with Gasteiger partial charge in [0.15, 0.2) is 4.75 Å². The SMILES string of the molecule is COc1cccc(-c2ccc(C3CCN(S(=O)(=O)C4(C(=O)NO)CCOCC4)CC3)cc2C)c1. The lowest BCUT2D eigenvalue weighted by Gasteiger charge is -2.40. The molecule has 0 unspecified atom stereocenters. The molecule has 2 fully saturated rings. The summed E-state index contributed by atoms with van der Waals surface area (Å²) in [5.74, 6) is 0.176. The Kier molecular flexibility index (Phi) is 7.28. The molecule has 2 heterocycles. The van der Waals surface area contributed by atoms with Gasteiger partial charge in [0.25, 0.3) is 5.91 Å². The number of nitrogens with one attached hydrogen (secondary N) is 1. The summed E-state index contributed by atoms with van der Waals surface area (Å²) in [6.07, 6.45) is 1.41. The molecule has 2 N–H and O–H groups in total. The van der Waals surface area contributed by atoms with Crippen molar-refractivity contribution < 1.29 is 27.9 Å². The molecular formula is C25H32N2O6S. The molecule has 0 aromatic heterocycles. The number of carbonyl (C=O) groups excluding carboxylic acids is 1. The smallest absolute Gasteiger partial charge is 0.266 e. The first-order valence-electron chi connectivity index (χ1n) is 11.6. The first-order chi connectivity index (χ1) is 16.3. The number of hydroxylamine groups is 1. The third kappa shape index (κ3) is 4.45. The van der Waals surface area contributed by atoms with E-state index < -0.39 is 20.7 Å². The van der Waals surface area contributed by atoms with E-state index in [4.69, 9.17) is 9.47 Å². The zero-order valence-electron chi connectivity index (χ0n) is 19.6. The van der Waals surface area contributed by atoms with E-state index in [0.717, 1.165) is 22.4 Å². The Hall–Kier alpha value is -2.46. The van der Waals surface area contributed by atoms with E-state index in [2.05, 4.69) is 31.2 Å². The number of ether oxygens (including phenoxy) is 2. The zero-order valence-corrected chi connectivity index (χ0v) is 20.4. The molecule has 2 aliphatic heterocycles. The summed E-state index contributed by atoms with van der Waals surface area (Å²) < 4.78 is 37.4. The molecule has 8 nitrogen and oxygen atoms in total. The van der Waals surface area contributed by atoms with E-state index in [-0.39, 0.29) is 32.0 Å². The van der Waals surface area contributed by atoms with E-state index in [9.17, 15) is 18.4 Å². The summed E-state index contributed by atoms with van der Waals surface area (Å²) in [5.41, 5.74) is 6.15. The van der Waals surface area contributed by atoms with Crippen LogP contribution >= 0.6 is 0 Å². The van der Waals surface area contributed by atoms with Gasteiger partial charge >= 0.3 is 0 Å². The number of nitrogens with zero attached hydrogens (tertiary/aromatic N) is 1. The number of aryl methyl sites for hydroxylation is 1. The third-order valence-electron chi connectivity index (χ3n) is 7.21. The lowest BCUT2D eigenvalue weighted by atomic mass is 9.87. The molecule has 0 aliphatic carbocycles. The summed E-state index contributed by atoms with van der Waals surface area (Å²) in [7, 11) is -2.30. The van der Waals surface area contributed by atoms with Crippen molar-refractivity contribution >= 4 is 15.9 Å². The Morgan fingerprint density at radius 2 is 1.85 bits per heavy atom. The molecule has 184 valence electrons. The Morgan fingerprint density at radius 3 is 2.47 bits per heavy atom. The molecule has 0 saturated carbocycles. The van der Waals surface area contributed by atoms with Crippen LogP contribution in [-0.2, 0) is 19.6 Å². The second-order valence-corrected chi connectivity index (χ2v) is 11.3. The van der Waals surface area contributed by atoms with Gasteiger partial charge in [0, 0.05) is 39.1 Å². The van der Waals surface area contributed by atoms with Gasteiger partial charge in [0.2, 0.25) is 10.0 Å². The normalized spacial score (nSPS) is 19.5. The van der Waals surface area contributed by atoms with Crippen LogP contribution in [0.1, 0.15) is 42.7 Å². The molecule has 2 aromatic carbocycles. The minimum Gasteiger partial charge on any atom is -0.497 e. The highest BCUT2D eigenvalue weighted by Crippen LogP contribution is 2.38. The predicted molar refractivity (Wildman–Crippen MR) is 128 cm³/mol. The van der Waals surface area contributed by atoms with E-state index in [1.807, 2.05) is 18.2 Å². The van der Waals surface area contributed by atoms with Gasteiger partial charge in [-0.05, 0) is 60.1 Å². The average molecular weight is 489 g/mol. The molecule has 0 bridgehead atoms. The Bertz CT molecular complexity index is 1140. The van der Waals surface area contributed by atoms with E-state index in [1.54, 1.807) is 12.6 Å². The van der Waals surface area contributed by atoms with Crippen LogP contribution in [0.4, 0.5) is 0 Å². The van der Waals surface area contributed by atoms with Crippen molar-refractivity contribution in [3.05, 3.63) is 53.6 Å². The highest BCUT2D eigenvalue weighted by atomic mass is 32.2. The number of methoxy groups -OCH3 is 1. The van der Waals surface area contributed by atoms with Gasteiger partial charge < -0.3 is 9.47 Å². The number of benzene rings is 2. The fraction of sp³-hybridized carbons (Fsp3) is 0.480. The third-order valence-corrected chi connectivity index (χ3v) is 9.83. The van der Waals surface area contributed by atoms with Crippen LogP contribution in [0.2, 0.25) is 0 Å². The number of rotatable bonds is 6. The summed E-state index contributed by atoms with van der Waals surface area (Å²) in [5, 5.41) is 9.23. The van der Waals surface area contributed by atoms with Gasteiger partial charge in [0.05, 0.1) is 7.11 Å². The minimum atomic E-state index is -3.95. The largest absolute Gasteiger partial charge is 0.497 e. The lowest BCUT2D eigenvalue weighted by molar-refractivity contribution is -0.134. The summed E-state index contributed by atoms with van der Waals surface area (Å²) in [4.78, 5) is 12.5. The number of sulfonamides is 1. The zero-order chi connectivity index (χ0) is 24.3. The molecule has 34 heavy (non-hydrogen) atoms. The molecule has 9 heteroatoms. The number of hydrogen-bond donors (Lipinski definition) is 2. The predicted octanol–water partition coefficient (Wildman–Crippen LogP) is 3.23. The fourth-order valence-corrected chi connectivity index (χ4v) is 7.29. The van der Waals surface area contributed by atoms with Crippen LogP contribution < -0.4 is 10.2 Å². The van der Waals surface area contributed by atoms with Crippen LogP contribution in [0, 0.1) is 6.92 Å². The quantitative estimate of drug-likeness (QED) is 0.478. The molecule has 1 amide bonds. The van der Waals surface area contributed by atoms with Gasteiger partial charge in [-0.15, -0.1) is 0 Å². The van der Waals surface area contributed by atoms with Gasteiger partial charge in [-0.25, -0.2) is 18.2 Å². The molecule has 2 aromatic rings. The minimum absolute atomic E-state index is 0.0343. The number of hydrogen-bond acceptors (Lipinski definition) is 6. The topological polar surface area (TPSA) is 105 Å². The molecule has 0 atom stereocenters. The van der Waals surface area contributed by atoms with Crippen LogP contribution in [0.25, 0.3) is 11.1 Å². The molecular weight excluding hydrogens is 456 g/mol. The van der Waals surface area contributed by atoms with Crippen molar-refractivity contribution in [2.45, 2.75) is 43.3 Å². The number of carbonyl (C=O) groups is 1. The first kappa shape index (κ1) is 24.7. The summed E-state index contributed by atoms with van der Waals surface area (Å²) in [6.45, 7) is 3.10. The van der Waals surface area contributed by atoms with Gasteiger partial charge in [-0.3, -0.25) is 10.0 Å². The van der Waals surface area contributed by atoms with Crippen LogP contribution in [0.15, 0.2) is 42.5 Å². The fourth-order valence-electron chi connectivity index (χ4n) is 5.14. The Labute approximate surface area is 200 Å². The van der Waals surface area contributed by atoms with Crippen molar-refractivity contribution in [1.82, 2.24) is 9.79 Å². The van der Waals surface area contributed by atoms with Crippen LogP contribution in [0.3, 0.4) is 0 Å². The van der Waals surface area contributed by atoms with Crippen molar-refractivity contribution in [3.63, 3.8) is 0 Å². The second-order valence-electron chi connectivity index (χ2n) is 9.03. The second kappa shape index (κ2) is 10.0. The maximum Gasteiger partial charge on any atom is 0.266 e. The Morgan fingerprint density at radius 1 is 1.15 bits per heavy atom. The lowest BCUT2D eigenvalue weighted by Crippen LogP contribution is -2.60. The summed E-state index contributed by atoms with van der Waals surface area (Å²) in [6, 6.07) is 14.4. The molecule has 2 aliphatic rings. The Balaban J connectivity index is 1.49. The van der Waals surface area contributed by atoms with Gasteiger partial charge in [0.1, 0.15) is 5.75 Å². The molecule has 2 saturated heterocycles. The highest BCUT2D eigenvalue weighted by Gasteiger charge is 2.54. The average Bonchev–Trinajstić information content (AvgIpc) is 2.88. The number of amides is 1. The van der Waals surface area contributed by atoms with Crippen LogP contribution in [-0.4, -0.2) is 62.0 Å². The maximum absolute atomic E-state index is 13.5. The molecule has 4 rings (SSSR count). The van der Waals surface area contributed by atoms with Crippen molar-refractivity contribution in [1.29, 1.82) is 0 Å². The van der Waals surface area contributed by atoms with Gasteiger partial charge in [-0.1, -0.05) is 30.3 Å².